The molecular formula is C23H20N2O5. The molecule has 0 bridgehead atoms. The van der Waals surface area contributed by atoms with Gasteiger partial charge in [-0.05, 0) is 23.3 Å². The van der Waals surface area contributed by atoms with Crippen molar-refractivity contribution in [3.8, 4) is 0 Å². The van der Waals surface area contributed by atoms with Crippen LogP contribution in [0.4, 0.5) is 4.79 Å². The number of nitrogens with one attached hydrogen (secondary N) is 1. The van der Waals surface area contributed by atoms with Gasteiger partial charge in [-0.2, -0.15) is 0 Å². The number of hydrogen-bond acceptors (Lipinski definition) is 5. The molecule has 1 fully saturated rings. The van der Waals surface area contributed by atoms with E-state index >= 15 is 0 Å². The van der Waals surface area contributed by atoms with Gasteiger partial charge in [-0.15, -0.1) is 0 Å². The number of imide groups is 1. The van der Waals surface area contributed by atoms with E-state index in [1.807, 2.05) is 60.7 Å². The monoisotopic (exact) mass is 404 g/mol. The predicted molar refractivity (Wildman–Crippen MR) is 107 cm³/mol. The Morgan fingerprint density at radius 3 is 2.33 bits per heavy atom. The van der Waals surface area contributed by atoms with Crippen LogP contribution < -0.4 is 5.32 Å². The van der Waals surface area contributed by atoms with E-state index in [1.54, 1.807) is 6.07 Å². The van der Waals surface area contributed by atoms with Crippen LogP contribution in [0.2, 0.25) is 0 Å². The van der Waals surface area contributed by atoms with E-state index in [-0.39, 0.29) is 18.2 Å². The molecule has 1 unspecified atom stereocenters. The fraction of sp³-hybridized carbons (Fsp3) is 0.174. The number of methoxy groups -OCH3 is 1. The first-order chi connectivity index (χ1) is 14.5. The molecule has 1 N–H and O–H groups in total. The van der Waals surface area contributed by atoms with E-state index in [0.717, 1.165) is 10.5 Å². The van der Waals surface area contributed by atoms with Gasteiger partial charge < -0.3 is 14.5 Å². The number of amides is 3. The molecule has 7 nitrogen and oxygen atoms in total. The summed E-state index contributed by atoms with van der Waals surface area (Å²) < 4.78 is 10.1. The van der Waals surface area contributed by atoms with E-state index in [0.29, 0.717) is 17.7 Å². The van der Waals surface area contributed by atoms with E-state index in [1.165, 1.54) is 13.2 Å². The molecular weight excluding hydrogens is 384 g/mol. The number of nitrogens with zero attached hydrogens (tertiary/aromatic N) is 1. The summed E-state index contributed by atoms with van der Waals surface area (Å²) >= 11 is 0. The maximum atomic E-state index is 13.6. The van der Waals surface area contributed by atoms with Crippen LogP contribution in [-0.4, -0.2) is 29.9 Å². The zero-order chi connectivity index (χ0) is 21.1. The Morgan fingerprint density at radius 2 is 1.67 bits per heavy atom. The van der Waals surface area contributed by atoms with Crippen LogP contribution in [0.1, 0.15) is 27.4 Å². The van der Waals surface area contributed by atoms with Gasteiger partial charge in [0.1, 0.15) is 5.76 Å². The second-order valence-electron chi connectivity index (χ2n) is 7.01. The molecule has 1 aliphatic rings. The van der Waals surface area contributed by atoms with E-state index in [4.69, 9.17) is 4.42 Å². The van der Waals surface area contributed by atoms with Crippen molar-refractivity contribution in [1.82, 2.24) is 10.2 Å². The Bertz CT molecular complexity index is 1080. The van der Waals surface area contributed by atoms with Crippen molar-refractivity contribution >= 4 is 17.9 Å². The first-order valence-corrected chi connectivity index (χ1v) is 9.44. The number of hydrogen-bond donors (Lipinski definition) is 1. The van der Waals surface area contributed by atoms with Gasteiger partial charge in [0.25, 0.3) is 5.91 Å². The van der Waals surface area contributed by atoms with Gasteiger partial charge in [0, 0.05) is 6.42 Å². The minimum absolute atomic E-state index is 0.0122. The lowest BCUT2D eigenvalue weighted by Gasteiger charge is -2.27. The van der Waals surface area contributed by atoms with Crippen molar-refractivity contribution in [3.05, 3.63) is 95.4 Å². The largest absolute Gasteiger partial charge is 0.463 e. The van der Waals surface area contributed by atoms with E-state index in [2.05, 4.69) is 10.1 Å². The summed E-state index contributed by atoms with van der Waals surface area (Å²) in [7, 11) is 1.25. The number of ether oxygens (including phenoxy) is 1. The molecule has 3 aromatic rings. The van der Waals surface area contributed by atoms with Crippen LogP contribution in [0.3, 0.4) is 0 Å². The fourth-order valence-corrected chi connectivity index (χ4v) is 3.64. The minimum atomic E-state index is -1.22. The number of carbonyl (C=O) groups is 3. The van der Waals surface area contributed by atoms with Gasteiger partial charge in [0.15, 0.2) is 5.54 Å². The molecule has 3 amide bonds. The van der Waals surface area contributed by atoms with Gasteiger partial charge in [0.2, 0.25) is 5.76 Å². The SMILES string of the molecule is COC(=O)c1ccc(CN2C(=O)NC(Cc3ccccc3)(c3ccccc3)C2=O)o1. The average molecular weight is 404 g/mol. The normalized spacial score (nSPS) is 18.4. The van der Waals surface area contributed by atoms with Gasteiger partial charge in [-0.3, -0.25) is 9.69 Å². The van der Waals surface area contributed by atoms with Gasteiger partial charge >= 0.3 is 12.0 Å². The Balaban J connectivity index is 1.67. The second kappa shape index (κ2) is 7.87. The van der Waals surface area contributed by atoms with E-state index < -0.39 is 17.5 Å². The Labute approximate surface area is 173 Å². The molecule has 2 heterocycles. The molecule has 4 rings (SSSR count). The maximum absolute atomic E-state index is 13.6. The standard InChI is InChI=1S/C23H20N2O5/c1-29-20(26)19-13-12-18(30-19)15-25-21(27)23(24-22(25)28,17-10-6-3-7-11-17)14-16-8-4-2-5-9-16/h2-13H,14-15H2,1H3,(H,24,28). The molecule has 0 aliphatic carbocycles. The molecule has 1 saturated heterocycles. The molecule has 2 aromatic carbocycles. The van der Waals surface area contributed by atoms with Crippen molar-refractivity contribution in [2.24, 2.45) is 0 Å². The summed E-state index contributed by atoms with van der Waals surface area (Å²) in [6.45, 7) is -0.0922. The molecule has 0 spiro atoms. The summed E-state index contributed by atoms with van der Waals surface area (Å²) in [4.78, 5) is 39.1. The van der Waals surface area contributed by atoms with Crippen LogP contribution in [0.5, 0.6) is 0 Å². The lowest BCUT2D eigenvalue weighted by Crippen LogP contribution is -2.46. The Morgan fingerprint density at radius 1 is 1.00 bits per heavy atom. The summed E-state index contributed by atoms with van der Waals surface area (Å²) in [5.74, 6) is -0.680. The lowest BCUT2D eigenvalue weighted by molar-refractivity contribution is -0.132. The smallest absolute Gasteiger partial charge is 0.373 e. The highest BCUT2D eigenvalue weighted by atomic mass is 16.5. The molecule has 152 valence electrons. The topological polar surface area (TPSA) is 88.9 Å². The van der Waals surface area contributed by atoms with Crippen LogP contribution in [0, 0.1) is 0 Å². The molecule has 0 saturated carbocycles. The predicted octanol–water partition coefficient (Wildman–Crippen LogP) is 3.26. The van der Waals surface area contributed by atoms with Crippen LogP contribution in [0.25, 0.3) is 0 Å². The molecule has 7 heteroatoms. The Kier molecular flexibility index (Phi) is 5.10. The molecule has 0 radical (unpaired) electrons. The molecule has 1 aliphatic heterocycles. The number of urea groups is 1. The highest BCUT2D eigenvalue weighted by Crippen LogP contribution is 2.33. The van der Waals surface area contributed by atoms with Gasteiger partial charge in [-0.1, -0.05) is 60.7 Å². The number of benzene rings is 2. The fourth-order valence-electron chi connectivity index (χ4n) is 3.64. The number of carbonyl (C=O) groups excluding carboxylic acids is 3. The van der Waals surface area contributed by atoms with Gasteiger partial charge in [0.05, 0.1) is 13.7 Å². The summed E-state index contributed by atoms with van der Waals surface area (Å²) in [5.41, 5.74) is 0.393. The van der Waals surface area contributed by atoms with Crippen LogP contribution in [0.15, 0.2) is 77.2 Å². The number of rotatable bonds is 6. The zero-order valence-corrected chi connectivity index (χ0v) is 16.3. The van der Waals surface area contributed by atoms with Crippen LogP contribution in [-0.2, 0) is 28.0 Å². The second-order valence-corrected chi connectivity index (χ2v) is 7.01. The van der Waals surface area contributed by atoms with Crippen molar-refractivity contribution < 1.29 is 23.5 Å². The van der Waals surface area contributed by atoms with Crippen molar-refractivity contribution in [2.75, 3.05) is 7.11 Å². The quantitative estimate of drug-likeness (QED) is 0.503. The first-order valence-electron chi connectivity index (χ1n) is 9.44. The third kappa shape index (κ3) is 3.45. The number of esters is 1. The average Bonchev–Trinajstić information content (AvgIpc) is 3.34. The Hall–Kier alpha value is -3.87. The van der Waals surface area contributed by atoms with Crippen molar-refractivity contribution in [2.45, 2.75) is 18.5 Å². The van der Waals surface area contributed by atoms with Gasteiger partial charge in [-0.25, -0.2) is 9.59 Å². The van der Waals surface area contributed by atoms with Crippen molar-refractivity contribution in [1.29, 1.82) is 0 Å². The zero-order valence-electron chi connectivity index (χ0n) is 16.3. The molecule has 30 heavy (non-hydrogen) atoms. The highest BCUT2D eigenvalue weighted by Gasteiger charge is 2.52. The lowest BCUT2D eigenvalue weighted by atomic mass is 9.83. The highest BCUT2D eigenvalue weighted by molar-refractivity contribution is 6.07. The summed E-state index contributed by atoms with van der Waals surface area (Å²) in [6, 6.07) is 21.2. The third-order valence-electron chi connectivity index (χ3n) is 5.12. The first kappa shape index (κ1) is 19.4. The maximum Gasteiger partial charge on any atom is 0.373 e. The minimum Gasteiger partial charge on any atom is -0.463 e. The number of furan rings is 1. The van der Waals surface area contributed by atoms with Crippen molar-refractivity contribution in [3.63, 3.8) is 0 Å². The molecule has 1 atom stereocenters. The third-order valence-corrected chi connectivity index (χ3v) is 5.12. The van der Waals surface area contributed by atoms with E-state index in [9.17, 15) is 14.4 Å². The summed E-state index contributed by atoms with van der Waals surface area (Å²) in [6.07, 6.45) is 0.310. The molecule has 1 aromatic heterocycles. The summed E-state index contributed by atoms with van der Waals surface area (Å²) in [5, 5.41) is 2.90. The van der Waals surface area contributed by atoms with Crippen LogP contribution >= 0.6 is 0 Å².